The van der Waals surface area contributed by atoms with Crippen LogP contribution in [0.2, 0.25) is 0 Å². The predicted molar refractivity (Wildman–Crippen MR) is 74.5 cm³/mol. The highest BCUT2D eigenvalue weighted by Crippen LogP contribution is 2.21. The predicted octanol–water partition coefficient (Wildman–Crippen LogP) is 2.74. The molecule has 0 spiro atoms. The van der Waals surface area contributed by atoms with Crippen LogP contribution in [0.4, 0.5) is 5.69 Å². The lowest BCUT2D eigenvalue weighted by Crippen LogP contribution is -2.15. The summed E-state index contributed by atoms with van der Waals surface area (Å²) >= 11 is 3.15. The molecule has 1 aromatic heterocycles. The van der Waals surface area contributed by atoms with Crippen molar-refractivity contribution in [3.63, 3.8) is 0 Å². The van der Waals surface area contributed by atoms with Gasteiger partial charge in [-0.05, 0) is 46.3 Å². The van der Waals surface area contributed by atoms with Crippen LogP contribution in [-0.4, -0.2) is 21.6 Å². The van der Waals surface area contributed by atoms with Gasteiger partial charge >= 0.3 is 5.97 Å². The summed E-state index contributed by atoms with van der Waals surface area (Å²) in [6, 6.07) is 8.08. The molecule has 1 aromatic carbocycles. The number of carbonyl (C=O) groups excluding carboxylic acids is 1. The molecule has 0 fully saturated rings. The molecule has 0 bridgehead atoms. The van der Waals surface area contributed by atoms with Gasteiger partial charge in [0.05, 0.1) is 5.56 Å². The standard InChI is InChI=1S/C13H11BrN2O3/c1-16-6-2-3-11(16)12(17)15-8-4-5-10(14)9(7-8)13(18)19/h2-7H,1H3,(H,15,17)(H,18,19). The van der Waals surface area contributed by atoms with Crippen molar-refractivity contribution in [2.75, 3.05) is 5.32 Å². The number of hydrogen-bond donors (Lipinski definition) is 2. The Hall–Kier alpha value is -2.08. The number of aromatic carboxylic acids is 1. The average molecular weight is 323 g/mol. The van der Waals surface area contributed by atoms with Crippen LogP contribution in [0.1, 0.15) is 20.8 Å². The van der Waals surface area contributed by atoms with Crippen molar-refractivity contribution in [3.8, 4) is 0 Å². The van der Waals surface area contributed by atoms with Crippen molar-refractivity contribution in [1.29, 1.82) is 0 Å². The third-order valence-corrected chi connectivity index (χ3v) is 3.32. The summed E-state index contributed by atoms with van der Waals surface area (Å²) < 4.78 is 2.16. The highest BCUT2D eigenvalue weighted by atomic mass is 79.9. The molecule has 1 heterocycles. The van der Waals surface area contributed by atoms with Crippen molar-refractivity contribution in [2.45, 2.75) is 0 Å². The summed E-state index contributed by atoms with van der Waals surface area (Å²) in [7, 11) is 1.76. The van der Waals surface area contributed by atoms with E-state index in [2.05, 4.69) is 21.2 Å². The molecule has 2 N–H and O–H groups in total. The number of amides is 1. The molecule has 0 radical (unpaired) electrons. The number of hydrogen-bond acceptors (Lipinski definition) is 2. The van der Waals surface area contributed by atoms with Crippen LogP contribution in [0.15, 0.2) is 41.0 Å². The van der Waals surface area contributed by atoms with Gasteiger partial charge < -0.3 is 15.0 Å². The first-order chi connectivity index (χ1) is 8.99. The summed E-state index contributed by atoms with van der Waals surface area (Å²) in [4.78, 5) is 23.0. The van der Waals surface area contributed by atoms with Crippen LogP contribution >= 0.6 is 15.9 Å². The second kappa shape index (κ2) is 5.27. The van der Waals surface area contributed by atoms with E-state index in [4.69, 9.17) is 5.11 Å². The lowest BCUT2D eigenvalue weighted by atomic mass is 10.2. The summed E-state index contributed by atoms with van der Waals surface area (Å²) in [5, 5.41) is 11.7. The van der Waals surface area contributed by atoms with Crippen molar-refractivity contribution in [2.24, 2.45) is 7.05 Å². The zero-order valence-electron chi connectivity index (χ0n) is 10.1. The Morgan fingerprint density at radius 2 is 2.05 bits per heavy atom. The number of halogens is 1. The fourth-order valence-corrected chi connectivity index (χ4v) is 2.08. The Morgan fingerprint density at radius 1 is 1.32 bits per heavy atom. The lowest BCUT2D eigenvalue weighted by Gasteiger charge is -2.08. The van der Waals surface area contributed by atoms with E-state index >= 15 is 0 Å². The topological polar surface area (TPSA) is 71.3 Å². The van der Waals surface area contributed by atoms with Crippen molar-refractivity contribution in [3.05, 3.63) is 52.3 Å². The first kappa shape index (κ1) is 13.4. The van der Waals surface area contributed by atoms with Gasteiger partial charge in [0.2, 0.25) is 0 Å². The number of nitrogens with one attached hydrogen (secondary N) is 1. The van der Waals surface area contributed by atoms with Gasteiger partial charge in [-0.3, -0.25) is 4.79 Å². The molecule has 98 valence electrons. The minimum atomic E-state index is -1.05. The number of carboxylic acids is 1. The molecule has 19 heavy (non-hydrogen) atoms. The highest BCUT2D eigenvalue weighted by Gasteiger charge is 2.12. The molecular weight excluding hydrogens is 312 g/mol. The molecule has 0 unspecified atom stereocenters. The maximum atomic E-state index is 12.0. The molecule has 2 rings (SSSR count). The molecule has 0 saturated heterocycles. The third kappa shape index (κ3) is 2.85. The van der Waals surface area contributed by atoms with Crippen LogP contribution in [-0.2, 0) is 7.05 Å². The van der Waals surface area contributed by atoms with E-state index in [-0.39, 0.29) is 11.5 Å². The van der Waals surface area contributed by atoms with Crippen molar-refractivity contribution >= 4 is 33.5 Å². The maximum absolute atomic E-state index is 12.0. The smallest absolute Gasteiger partial charge is 0.336 e. The Balaban J connectivity index is 2.25. The number of carboxylic acid groups (broad SMARTS) is 1. The van der Waals surface area contributed by atoms with E-state index in [1.807, 2.05) is 0 Å². The molecule has 2 aromatic rings. The van der Waals surface area contributed by atoms with Crippen molar-refractivity contribution in [1.82, 2.24) is 4.57 Å². The van der Waals surface area contributed by atoms with Crippen LogP contribution < -0.4 is 5.32 Å². The normalized spacial score (nSPS) is 10.2. The van der Waals surface area contributed by atoms with Gasteiger partial charge in [0.25, 0.3) is 5.91 Å². The van der Waals surface area contributed by atoms with Gasteiger partial charge in [-0.2, -0.15) is 0 Å². The van der Waals surface area contributed by atoms with Gasteiger partial charge in [0.1, 0.15) is 5.69 Å². The Kier molecular flexibility index (Phi) is 3.71. The Labute approximate surface area is 118 Å². The number of rotatable bonds is 3. The molecule has 0 aliphatic heterocycles. The van der Waals surface area contributed by atoms with Gasteiger partial charge in [-0.15, -0.1) is 0 Å². The monoisotopic (exact) mass is 322 g/mol. The Morgan fingerprint density at radius 3 is 2.63 bits per heavy atom. The minimum Gasteiger partial charge on any atom is -0.478 e. The van der Waals surface area contributed by atoms with Gasteiger partial charge in [-0.25, -0.2) is 4.79 Å². The summed E-state index contributed by atoms with van der Waals surface area (Å²) in [6.07, 6.45) is 1.76. The van der Waals surface area contributed by atoms with Gasteiger partial charge in [0.15, 0.2) is 0 Å². The SMILES string of the molecule is Cn1cccc1C(=O)Nc1ccc(Br)c(C(=O)O)c1. The first-order valence-corrected chi connectivity index (χ1v) is 6.24. The number of aryl methyl sites for hydroxylation is 1. The molecule has 0 aliphatic carbocycles. The number of carbonyl (C=O) groups is 2. The van der Waals surface area contributed by atoms with E-state index in [1.54, 1.807) is 42.1 Å². The molecule has 0 aliphatic rings. The summed E-state index contributed by atoms with van der Waals surface area (Å²) in [5.74, 6) is -1.34. The van der Waals surface area contributed by atoms with E-state index in [1.165, 1.54) is 6.07 Å². The van der Waals surface area contributed by atoms with E-state index < -0.39 is 5.97 Å². The summed E-state index contributed by atoms with van der Waals surface area (Å²) in [6.45, 7) is 0. The van der Waals surface area contributed by atoms with Gasteiger partial charge in [0, 0.05) is 23.4 Å². The second-order valence-corrected chi connectivity index (χ2v) is 4.81. The summed E-state index contributed by atoms with van der Waals surface area (Å²) in [5.41, 5.74) is 1.04. The lowest BCUT2D eigenvalue weighted by molar-refractivity contribution is 0.0695. The molecular formula is C13H11BrN2O3. The van der Waals surface area contributed by atoms with E-state index in [0.717, 1.165) is 0 Å². The van der Waals surface area contributed by atoms with Crippen LogP contribution in [0, 0.1) is 0 Å². The fourth-order valence-electron chi connectivity index (χ4n) is 1.66. The first-order valence-electron chi connectivity index (χ1n) is 5.44. The minimum absolute atomic E-state index is 0.102. The largest absolute Gasteiger partial charge is 0.478 e. The second-order valence-electron chi connectivity index (χ2n) is 3.96. The highest BCUT2D eigenvalue weighted by molar-refractivity contribution is 9.10. The maximum Gasteiger partial charge on any atom is 0.336 e. The molecule has 0 saturated carbocycles. The zero-order valence-corrected chi connectivity index (χ0v) is 11.6. The molecule has 6 heteroatoms. The van der Waals surface area contributed by atoms with E-state index in [0.29, 0.717) is 15.9 Å². The molecule has 1 amide bonds. The number of nitrogens with zero attached hydrogens (tertiary/aromatic N) is 1. The average Bonchev–Trinajstić information content (AvgIpc) is 2.77. The van der Waals surface area contributed by atoms with E-state index in [9.17, 15) is 9.59 Å². The van der Waals surface area contributed by atoms with Crippen LogP contribution in [0.3, 0.4) is 0 Å². The molecule has 0 atom stereocenters. The zero-order chi connectivity index (χ0) is 14.0. The number of aromatic nitrogens is 1. The van der Waals surface area contributed by atoms with Crippen LogP contribution in [0.5, 0.6) is 0 Å². The number of benzene rings is 1. The quantitative estimate of drug-likeness (QED) is 0.912. The number of anilines is 1. The van der Waals surface area contributed by atoms with Gasteiger partial charge in [-0.1, -0.05) is 0 Å². The van der Waals surface area contributed by atoms with Crippen molar-refractivity contribution < 1.29 is 14.7 Å². The molecule has 5 nitrogen and oxygen atoms in total. The van der Waals surface area contributed by atoms with Crippen LogP contribution in [0.25, 0.3) is 0 Å². The third-order valence-electron chi connectivity index (χ3n) is 2.63. The Bertz CT molecular complexity index is 649. The fraction of sp³-hybridized carbons (Fsp3) is 0.0769.